The molecule has 0 spiro atoms. The average molecular weight is 552 g/mol. The van der Waals surface area contributed by atoms with Crippen LogP contribution in [0.25, 0.3) is 5.76 Å². The van der Waals surface area contributed by atoms with Crippen LogP contribution in [0.2, 0.25) is 10.1 Å². The van der Waals surface area contributed by atoms with Gasteiger partial charge in [0.05, 0.1) is 26.9 Å². The monoisotopic (exact) mass is 551 g/mol. The Bertz CT molecular complexity index is 898. The van der Waals surface area contributed by atoms with Gasteiger partial charge < -0.3 is 27.5 Å². The molecule has 36 heavy (non-hydrogen) atoms. The number of hydrogen-bond donors (Lipinski definition) is 1. The minimum Gasteiger partial charge on any atom is -0.496 e. The molecule has 1 aromatic rings. The molecule has 0 atom stereocenters. The summed E-state index contributed by atoms with van der Waals surface area (Å²) in [4.78, 5) is 11.9. The van der Waals surface area contributed by atoms with Gasteiger partial charge in [-0.3, -0.25) is 0 Å². The summed E-state index contributed by atoms with van der Waals surface area (Å²) < 4.78 is 29.8. The van der Waals surface area contributed by atoms with E-state index in [9.17, 15) is 9.90 Å². The van der Waals surface area contributed by atoms with Crippen molar-refractivity contribution in [3.63, 3.8) is 0 Å². The molecule has 0 heterocycles. The zero-order chi connectivity index (χ0) is 27.8. The molecule has 1 rings (SSSR count). The summed E-state index contributed by atoms with van der Waals surface area (Å²) in [5.41, 5.74) is 2.46. The Labute approximate surface area is 224 Å². The number of carboxylic acid groups (broad SMARTS) is 1. The third-order valence-electron chi connectivity index (χ3n) is 4.91. The molecular formula is C26H43O7Si3. The summed E-state index contributed by atoms with van der Waals surface area (Å²) in [6.45, 7) is 19.3. The van der Waals surface area contributed by atoms with E-state index in [-0.39, 0.29) is 41.1 Å². The molecule has 0 fully saturated rings. The van der Waals surface area contributed by atoms with Crippen molar-refractivity contribution in [1.29, 1.82) is 0 Å². The first kappa shape index (κ1) is 32.4. The van der Waals surface area contributed by atoms with Crippen LogP contribution in [0.1, 0.15) is 78.5 Å². The quantitative estimate of drug-likeness (QED) is 0.209. The molecule has 10 heteroatoms. The summed E-state index contributed by atoms with van der Waals surface area (Å²) in [6.07, 6.45) is 1.65. The fourth-order valence-electron chi connectivity index (χ4n) is 3.35. The summed E-state index contributed by atoms with van der Waals surface area (Å²) in [6, 6.07) is 1.89. The maximum Gasteiger partial charge on any atom is 0.401 e. The van der Waals surface area contributed by atoms with Crippen molar-refractivity contribution in [1.82, 2.24) is 0 Å². The molecule has 0 bridgehead atoms. The van der Waals surface area contributed by atoms with E-state index < -0.39 is 15.3 Å². The highest BCUT2D eigenvalue weighted by atomic mass is 28.4. The Morgan fingerprint density at radius 2 is 1.53 bits per heavy atom. The topological polar surface area (TPSA) is 83.5 Å². The summed E-state index contributed by atoms with van der Waals surface area (Å²) in [5.74, 6) is -0.346. The molecule has 0 saturated carbocycles. The van der Waals surface area contributed by atoms with Gasteiger partial charge in [0.25, 0.3) is 0 Å². The van der Waals surface area contributed by atoms with Gasteiger partial charge in [0, 0.05) is 5.19 Å². The van der Waals surface area contributed by atoms with Gasteiger partial charge in [0.1, 0.15) is 5.75 Å². The minimum absolute atomic E-state index is 0.000952. The number of hydrogen-bond acceptors (Lipinski definition) is 6. The van der Waals surface area contributed by atoms with Crippen LogP contribution >= 0.6 is 0 Å². The largest absolute Gasteiger partial charge is 0.496 e. The maximum atomic E-state index is 11.9. The summed E-state index contributed by atoms with van der Waals surface area (Å²) in [7, 11) is 3.00. The highest BCUT2D eigenvalue weighted by molar-refractivity contribution is 6.71. The van der Waals surface area contributed by atoms with Gasteiger partial charge in [-0.25, -0.2) is 4.79 Å². The van der Waals surface area contributed by atoms with Crippen molar-refractivity contribution in [3.05, 3.63) is 28.5 Å². The average Bonchev–Trinajstić information content (AvgIpc) is 2.74. The van der Waals surface area contributed by atoms with Gasteiger partial charge in [-0.05, 0) is 53.0 Å². The molecule has 201 valence electrons. The number of methoxy groups -OCH3 is 3. The van der Waals surface area contributed by atoms with Gasteiger partial charge in [-0.2, -0.15) is 0 Å². The molecule has 0 aliphatic carbocycles. The normalized spacial score (nSPS) is 13.2. The number of benzene rings is 1. The van der Waals surface area contributed by atoms with E-state index in [0.717, 1.165) is 29.2 Å². The van der Waals surface area contributed by atoms with Crippen molar-refractivity contribution >= 4 is 45.7 Å². The van der Waals surface area contributed by atoms with Crippen molar-refractivity contribution in [2.45, 2.75) is 85.2 Å². The van der Waals surface area contributed by atoms with E-state index in [1.165, 1.54) is 14.2 Å². The first-order valence-corrected chi connectivity index (χ1v) is 15.2. The fourth-order valence-corrected chi connectivity index (χ4v) is 8.78. The zero-order valence-electron chi connectivity index (χ0n) is 24.0. The van der Waals surface area contributed by atoms with E-state index in [0.29, 0.717) is 17.2 Å². The molecule has 1 N–H and O–H groups in total. The second kappa shape index (κ2) is 13.8. The lowest BCUT2D eigenvalue weighted by Crippen LogP contribution is -2.45. The lowest BCUT2D eigenvalue weighted by molar-refractivity contribution is -0.136. The first-order valence-electron chi connectivity index (χ1n) is 12.1. The van der Waals surface area contributed by atoms with E-state index >= 15 is 0 Å². The van der Waals surface area contributed by atoms with Crippen molar-refractivity contribution in [3.8, 4) is 5.75 Å². The lowest BCUT2D eigenvalue weighted by Gasteiger charge is -2.28. The molecular weight excluding hydrogens is 509 g/mol. The highest BCUT2D eigenvalue weighted by Crippen LogP contribution is 2.35. The molecule has 0 aliphatic rings. The van der Waals surface area contributed by atoms with Crippen LogP contribution in [-0.4, -0.2) is 61.2 Å². The lowest BCUT2D eigenvalue weighted by atomic mass is 9.96. The zero-order valence-corrected chi connectivity index (χ0v) is 27.0. The summed E-state index contributed by atoms with van der Waals surface area (Å²) >= 11 is 0. The number of ether oxygens (including phenoxy) is 3. The van der Waals surface area contributed by atoms with Crippen LogP contribution in [0.4, 0.5) is 0 Å². The molecule has 0 saturated heterocycles. The Kier molecular flexibility index (Phi) is 12.4. The van der Waals surface area contributed by atoms with Crippen molar-refractivity contribution < 1.29 is 32.3 Å². The molecule has 0 aliphatic heterocycles. The predicted octanol–water partition coefficient (Wildman–Crippen LogP) is 5.04. The number of aliphatic carboxylic acids is 1. The van der Waals surface area contributed by atoms with Crippen LogP contribution in [-0.2, 0) is 28.9 Å². The van der Waals surface area contributed by atoms with E-state index in [4.69, 9.17) is 22.4 Å². The van der Waals surface area contributed by atoms with Crippen LogP contribution in [0.5, 0.6) is 5.75 Å². The van der Waals surface area contributed by atoms with Crippen LogP contribution in [0, 0.1) is 12.8 Å². The second-order valence-corrected chi connectivity index (χ2v) is 17.2. The highest BCUT2D eigenvalue weighted by Gasteiger charge is 2.33. The van der Waals surface area contributed by atoms with Crippen LogP contribution < -0.4 is 9.92 Å². The molecule has 1 aromatic carbocycles. The van der Waals surface area contributed by atoms with Gasteiger partial charge in [-0.1, -0.05) is 55.4 Å². The predicted molar refractivity (Wildman–Crippen MR) is 148 cm³/mol. The first-order chi connectivity index (χ1) is 16.6. The minimum atomic E-state index is -1.88. The van der Waals surface area contributed by atoms with Gasteiger partial charge in [0.15, 0.2) is 5.76 Å². The Balaban J connectivity index is 3.93. The van der Waals surface area contributed by atoms with Crippen molar-refractivity contribution in [2.75, 3.05) is 21.3 Å². The Morgan fingerprint density at radius 1 is 1.00 bits per heavy atom. The van der Waals surface area contributed by atoms with Gasteiger partial charge >= 0.3 is 15.3 Å². The third kappa shape index (κ3) is 9.70. The van der Waals surface area contributed by atoms with E-state index in [1.807, 2.05) is 13.0 Å². The summed E-state index contributed by atoms with van der Waals surface area (Å²) in [5, 5.41) is 10.7. The molecule has 0 aromatic heterocycles. The SMILES string of the molecule is COC(C(=O)O)=C(OC)c1cc(C)c([Si](O[Si]C(C)(C)C)O[Si]C(C)(C)C)c(CCC(C)C)c1OC. The maximum absolute atomic E-state index is 11.9. The third-order valence-corrected chi connectivity index (χ3v) is 9.54. The van der Waals surface area contributed by atoms with Gasteiger partial charge in [-0.15, -0.1) is 0 Å². The van der Waals surface area contributed by atoms with Crippen LogP contribution in [0.15, 0.2) is 11.8 Å². The van der Waals surface area contributed by atoms with E-state index in [1.54, 1.807) is 7.11 Å². The number of carboxylic acids is 1. The van der Waals surface area contributed by atoms with E-state index in [2.05, 4.69) is 55.4 Å². The smallest absolute Gasteiger partial charge is 0.401 e. The van der Waals surface area contributed by atoms with Crippen LogP contribution in [0.3, 0.4) is 0 Å². The van der Waals surface area contributed by atoms with Gasteiger partial charge in [0.2, 0.25) is 25.3 Å². The molecule has 0 unspecified atom stereocenters. The number of rotatable bonds is 13. The number of carbonyl (C=O) groups is 1. The molecule has 7 nitrogen and oxygen atoms in total. The molecule has 0 amide bonds. The second-order valence-electron chi connectivity index (χ2n) is 11.1. The van der Waals surface area contributed by atoms with Crippen molar-refractivity contribution in [2.24, 2.45) is 5.92 Å². The molecule has 5 radical (unpaired) electrons. The number of aryl methyl sites for hydroxylation is 1. The Hall–Kier alpha value is -1.60. The Morgan fingerprint density at radius 3 is 1.89 bits per heavy atom. The standard InChI is InChI=1S/C26H43O7Si3/c1-16(2)13-14-18-20(29-10)19(21(30-11)22(31-12)24(27)28)15-17(3)23(18)36(32-34-25(4,5)6)33-35-26(7,8)9/h15-16H,13-14H2,1-12H3,(H,27,28). The fraction of sp³-hybridized carbons (Fsp3) is 0.654.